The number of aryl methyl sites for hydroxylation is 2. The van der Waals surface area contributed by atoms with Crippen molar-refractivity contribution < 1.29 is 4.79 Å². The first-order valence-corrected chi connectivity index (χ1v) is 6.19. The van der Waals surface area contributed by atoms with E-state index in [4.69, 9.17) is 0 Å². The number of hydrogen-bond donors (Lipinski definition) is 0. The number of hydrogen-bond acceptors (Lipinski definition) is 2. The first-order valence-electron chi connectivity index (χ1n) is 6.19. The third kappa shape index (κ3) is 2.94. The summed E-state index contributed by atoms with van der Waals surface area (Å²) < 4.78 is 1.81. The minimum atomic E-state index is 0.233. The molecule has 0 saturated heterocycles. The molecule has 0 bridgehead atoms. The Morgan fingerprint density at radius 1 is 1.38 bits per heavy atom. The lowest BCUT2D eigenvalue weighted by Crippen LogP contribution is -2.13. The Kier molecular flexibility index (Phi) is 4.71. The molecule has 0 unspecified atom stereocenters. The summed E-state index contributed by atoms with van der Waals surface area (Å²) in [4.78, 5) is 12.1. The molecule has 0 aliphatic rings. The summed E-state index contributed by atoms with van der Waals surface area (Å²) in [6, 6.07) is 1.90. The van der Waals surface area contributed by atoms with Gasteiger partial charge in [-0.15, -0.1) is 0 Å². The summed E-state index contributed by atoms with van der Waals surface area (Å²) >= 11 is 0. The van der Waals surface area contributed by atoms with E-state index in [0.717, 1.165) is 30.8 Å². The molecule has 1 aromatic heterocycles. The highest BCUT2D eigenvalue weighted by Gasteiger charge is 2.16. The molecule has 16 heavy (non-hydrogen) atoms. The molecule has 0 amide bonds. The van der Waals surface area contributed by atoms with Crippen LogP contribution in [0.4, 0.5) is 0 Å². The molecule has 90 valence electrons. The number of nitrogens with zero attached hydrogens (tertiary/aromatic N) is 2. The van der Waals surface area contributed by atoms with E-state index in [9.17, 15) is 4.79 Å². The summed E-state index contributed by atoms with van der Waals surface area (Å²) in [6.45, 7) is 8.99. The molecule has 0 aliphatic heterocycles. The maximum absolute atomic E-state index is 12.1. The van der Waals surface area contributed by atoms with Gasteiger partial charge in [0, 0.05) is 13.0 Å². The van der Waals surface area contributed by atoms with Crippen molar-refractivity contribution in [3.05, 3.63) is 17.5 Å². The molecule has 0 spiro atoms. The number of carbonyl (C=O) groups is 1. The maximum Gasteiger partial charge on any atom is 0.181 e. The monoisotopic (exact) mass is 222 g/mol. The van der Waals surface area contributed by atoms with Crippen molar-refractivity contribution in [3.63, 3.8) is 0 Å². The Morgan fingerprint density at radius 2 is 2.00 bits per heavy atom. The highest BCUT2D eigenvalue weighted by molar-refractivity contribution is 5.94. The van der Waals surface area contributed by atoms with Crippen molar-refractivity contribution in [2.45, 2.75) is 53.5 Å². The molecular formula is C13H22N2O. The second kappa shape index (κ2) is 5.83. The lowest BCUT2D eigenvalue weighted by Gasteiger charge is -2.11. The van der Waals surface area contributed by atoms with Crippen LogP contribution in [0.15, 0.2) is 6.07 Å². The van der Waals surface area contributed by atoms with Gasteiger partial charge in [0.2, 0.25) is 0 Å². The van der Waals surface area contributed by atoms with Crippen LogP contribution < -0.4 is 0 Å². The summed E-state index contributed by atoms with van der Waals surface area (Å²) in [5.74, 6) is 0.740. The fourth-order valence-electron chi connectivity index (χ4n) is 1.96. The zero-order chi connectivity index (χ0) is 12.1. The number of Topliss-reactive ketones (excluding diaryl/α,β-unsaturated/α-hetero) is 1. The molecule has 0 aliphatic carbocycles. The second-order valence-electron chi connectivity index (χ2n) is 4.30. The molecule has 0 fully saturated rings. The molecular weight excluding hydrogens is 200 g/mol. The fourth-order valence-corrected chi connectivity index (χ4v) is 1.96. The van der Waals surface area contributed by atoms with E-state index >= 15 is 0 Å². The largest absolute Gasteiger partial charge is 0.292 e. The van der Waals surface area contributed by atoms with Gasteiger partial charge in [0.25, 0.3) is 0 Å². The van der Waals surface area contributed by atoms with Gasteiger partial charge in [0.05, 0.1) is 5.69 Å². The van der Waals surface area contributed by atoms with E-state index in [1.165, 1.54) is 0 Å². The van der Waals surface area contributed by atoms with Crippen LogP contribution in [0.1, 0.15) is 56.2 Å². The summed E-state index contributed by atoms with van der Waals surface area (Å²) in [6.07, 6.45) is 2.79. The Bertz CT molecular complexity index is 351. The fraction of sp³-hybridized carbons (Fsp3) is 0.692. The van der Waals surface area contributed by atoms with Gasteiger partial charge in [0.15, 0.2) is 5.78 Å². The van der Waals surface area contributed by atoms with Crippen molar-refractivity contribution in [2.24, 2.45) is 5.92 Å². The Hall–Kier alpha value is -1.12. The standard InChI is InChI=1S/C13H22N2O/c1-5-11(6-2)9-13(16)12-8-10(4)14-15(12)7-3/h8,11H,5-7,9H2,1-4H3. The SMILES string of the molecule is CCC(CC)CC(=O)c1cc(C)nn1CC. The molecule has 0 radical (unpaired) electrons. The highest BCUT2D eigenvalue weighted by Crippen LogP contribution is 2.17. The van der Waals surface area contributed by atoms with Gasteiger partial charge in [-0.2, -0.15) is 5.10 Å². The normalized spacial score (nSPS) is 11.1. The van der Waals surface area contributed by atoms with E-state index < -0.39 is 0 Å². The average Bonchev–Trinajstić information content (AvgIpc) is 2.67. The molecule has 3 heteroatoms. The molecule has 1 aromatic rings. The van der Waals surface area contributed by atoms with Crippen LogP contribution in [0.3, 0.4) is 0 Å². The summed E-state index contributed by atoms with van der Waals surface area (Å²) in [5, 5.41) is 4.30. The van der Waals surface area contributed by atoms with Crippen molar-refractivity contribution in [1.29, 1.82) is 0 Å². The van der Waals surface area contributed by atoms with Crippen molar-refractivity contribution in [3.8, 4) is 0 Å². The molecule has 1 heterocycles. The van der Waals surface area contributed by atoms with Gasteiger partial charge in [0.1, 0.15) is 5.69 Å². The van der Waals surface area contributed by atoms with Crippen LogP contribution in [-0.4, -0.2) is 15.6 Å². The molecule has 0 atom stereocenters. The van der Waals surface area contributed by atoms with Crippen LogP contribution in [0.5, 0.6) is 0 Å². The smallest absolute Gasteiger partial charge is 0.181 e. The van der Waals surface area contributed by atoms with Gasteiger partial charge >= 0.3 is 0 Å². The van der Waals surface area contributed by atoms with Gasteiger partial charge in [-0.25, -0.2) is 0 Å². The van der Waals surface area contributed by atoms with Crippen LogP contribution in [-0.2, 0) is 6.54 Å². The van der Waals surface area contributed by atoms with E-state index in [2.05, 4.69) is 18.9 Å². The van der Waals surface area contributed by atoms with Gasteiger partial charge in [-0.05, 0) is 25.8 Å². The first kappa shape index (κ1) is 12.9. The minimum Gasteiger partial charge on any atom is -0.292 e. The molecule has 0 N–H and O–H groups in total. The van der Waals surface area contributed by atoms with Gasteiger partial charge < -0.3 is 0 Å². The predicted octanol–water partition coefficient (Wildman–Crippen LogP) is 3.22. The Morgan fingerprint density at radius 3 is 2.50 bits per heavy atom. The predicted molar refractivity (Wildman–Crippen MR) is 65.7 cm³/mol. The zero-order valence-electron chi connectivity index (χ0n) is 10.8. The molecule has 1 rings (SSSR count). The van der Waals surface area contributed by atoms with Crippen molar-refractivity contribution in [1.82, 2.24) is 9.78 Å². The zero-order valence-corrected chi connectivity index (χ0v) is 10.8. The summed E-state index contributed by atoms with van der Waals surface area (Å²) in [5.41, 5.74) is 1.70. The van der Waals surface area contributed by atoms with E-state index in [-0.39, 0.29) is 5.78 Å². The number of aromatic nitrogens is 2. The summed E-state index contributed by atoms with van der Waals surface area (Å²) in [7, 11) is 0. The molecule has 0 saturated carbocycles. The van der Waals surface area contributed by atoms with Crippen LogP contribution in [0, 0.1) is 12.8 Å². The number of carbonyl (C=O) groups excluding carboxylic acids is 1. The first-order chi connectivity index (χ1) is 7.62. The topological polar surface area (TPSA) is 34.9 Å². The van der Waals surface area contributed by atoms with E-state index in [0.29, 0.717) is 12.3 Å². The molecule has 3 nitrogen and oxygen atoms in total. The average molecular weight is 222 g/mol. The third-order valence-electron chi connectivity index (χ3n) is 3.12. The number of ketones is 1. The maximum atomic E-state index is 12.1. The van der Waals surface area contributed by atoms with Crippen LogP contribution in [0.2, 0.25) is 0 Å². The minimum absolute atomic E-state index is 0.233. The number of rotatable bonds is 6. The van der Waals surface area contributed by atoms with E-state index in [1.54, 1.807) is 4.68 Å². The van der Waals surface area contributed by atoms with Gasteiger partial charge in [-0.3, -0.25) is 9.48 Å². The third-order valence-corrected chi connectivity index (χ3v) is 3.12. The van der Waals surface area contributed by atoms with Crippen molar-refractivity contribution >= 4 is 5.78 Å². The lowest BCUT2D eigenvalue weighted by atomic mass is 9.96. The highest BCUT2D eigenvalue weighted by atomic mass is 16.1. The lowest BCUT2D eigenvalue weighted by molar-refractivity contribution is 0.0948. The van der Waals surface area contributed by atoms with E-state index in [1.807, 2.05) is 19.9 Å². The van der Waals surface area contributed by atoms with Crippen LogP contribution in [0.25, 0.3) is 0 Å². The quantitative estimate of drug-likeness (QED) is 0.693. The Balaban J connectivity index is 2.79. The van der Waals surface area contributed by atoms with Crippen LogP contribution >= 0.6 is 0 Å². The second-order valence-corrected chi connectivity index (χ2v) is 4.30. The molecule has 0 aromatic carbocycles. The van der Waals surface area contributed by atoms with Gasteiger partial charge in [-0.1, -0.05) is 26.7 Å². The Labute approximate surface area is 97.8 Å². The van der Waals surface area contributed by atoms with Crippen molar-refractivity contribution in [2.75, 3.05) is 0 Å².